The molecule has 0 radical (unpaired) electrons. The molecule has 0 bridgehead atoms. The lowest BCUT2D eigenvalue weighted by Crippen LogP contribution is -2.36. The summed E-state index contributed by atoms with van der Waals surface area (Å²) in [5.74, 6) is 1.20. The van der Waals surface area contributed by atoms with Gasteiger partial charge in [0, 0.05) is 42.5 Å². The number of amides is 1. The molecule has 0 aliphatic carbocycles. The minimum atomic E-state index is -0.418. The number of halogens is 1. The van der Waals surface area contributed by atoms with Gasteiger partial charge in [0.15, 0.2) is 11.5 Å². The normalized spacial score (nSPS) is 14.8. The Kier molecular flexibility index (Phi) is 3.87. The van der Waals surface area contributed by atoms with Gasteiger partial charge in [-0.25, -0.2) is 0 Å². The van der Waals surface area contributed by atoms with Crippen LogP contribution in [0.25, 0.3) is 11.3 Å². The zero-order valence-electron chi connectivity index (χ0n) is 14.6. The Balaban J connectivity index is 1.45. The molecule has 0 saturated heterocycles. The Morgan fingerprint density at radius 2 is 2.07 bits per heavy atom. The van der Waals surface area contributed by atoms with E-state index in [1.807, 2.05) is 18.2 Å². The highest BCUT2D eigenvalue weighted by Gasteiger charge is 2.27. The zero-order valence-corrected chi connectivity index (χ0v) is 15.4. The second-order valence-corrected chi connectivity index (χ2v) is 7.05. The number of carbonyl (C=O) groups excluding carboxylic acids is 1. The van der Waals surface area contributed by atoms with Crippen molar-refractivity contribution >= 4 is 17.5 Å². The summed E-state index contributed by atoms with van der Waals surface area (Å²) in [6.45, 7) is 1.16. The van der Waals surface area contributed by atoms with E-state index < -0.39 is 5.56 Å². The fraction of sp³-hybridized carbons (Fsp3) is 0.211. The first-order valence-corrected chi connectivity index (χ1v) is 9.11. The van der Waals surface area contributed by atoms with Gasteiger partial charge in [0.05, 0.1) is 11.3 Å². The van der Waals surface area contributed by atoms with Gasteiger partial charge in [-0.2, -0.15) is 5.10 Å². The molecule has 28 heavy (non-hydrogen) atoms. The number of nitrogens with zero attached hydrogens (tertiary/aromatic N) is 2. The Bertz CT molecular complexity index is 1150. The van der Waals surface area contributed by atoms with E-state index in [9.17, 15) is 9.59 Å². The molecule has 2 aliphatic heterocycles. The molecule has 1 amide bonds. The van der Waals surface area contributed by atoms with Crippen LogP contribution < -0.4 is 15.0 Å². The highest BCUT2D eigenvalue weighted by Crippen LogP contribution is 2.37. The molecule has 0 unspecified atom stereocenters. The van der Waals surface area contributed by atoms with Crippen molar-refractivity contribution < 1.29 is 14.3 Å². The molecule has 2 N–H and O–H groups in total. The highest BCUT2D eigenvalue weighted by molar-refractivity contribution is 6.30. The summed E-state index contributed by atoms with van der Waals surface area (Å²) >= 11 is 5.86. The van der Waals surface area contributed by atoms with Crippen LogP contribution in [0, 0.1) is 0 Å². The second-order valence-electron chi connectivity index (χ2n) is 6.64. The average Bonchev–Trinajstić information content (AvgIpc) is 3.35. The largest absolute Gasteiger partial charge is 0.454 e. The van der Waals surface area contributed by atoms with Crippen LogP contribution in [0.3, 0.4) is 0 Å². The molecule has 0 spiro atoms. The SMILES string of the molecule is O=C(c1c[nH]c(=O)c(Cl)c1)N1CCc2[nH]nc(-c3ccc4c(c3)OCO4)c2C1. The van der Waals surface area contributed by atoms with Gasteiger partial charge in [-0.1, -0.05) is 11.6 Å². The minimum absolute atomic E-state index is 0.00657. The number of pyridine rings is 1. The molecule has 5 rings (SSSR count). The number of hydrogen-bond donors (Lipinski definition) is 2. The molecule has 2 aliphatic rings. The van der Waals surface area contributed by atoms with E-state index >= 15 is 0 Å². The molecule has 1 aromatic carbocycles. The molecule has 142 valence electrons. The number of benzene rings is 1. The lowest BCUT2D eigenvalue weighted by atomic mass is 10.00. The molecule has 8 nitrogen and oxygen atoms in total. The number of ether oxygens (including phenoxy) is 2. The Morgan fingerprint density at radius 1 is 1.21 bits per heavy atom. The monoisotopic (exact) mass is 398 g/mol. The first kappa shape index (κ1) is 16.9. The fourth-order valence-electron chi connectivity index (χ4n) is 3.51. The van der Waals surface area contributed by atoms with Crippen LogP contribution in [-0.2, 0) is 13.0 Å². The van der Waals surface area contributed by atoms with Gasteiger partial charge in [-0.15, -0.1) is 0 Å². The van der Waals surface area contributed by atoms with E-state index in [4.69, 9.17) is 21.1 Å². The summed E-state index contributed by atoms with van der Waals surface area (Å²) in [4.78, 5) is 28.5. The number of H-pyrrole nitrogens is 2. The van der Waals surface area contributed by atoms with Crippen molar-refractivity contribution in [2.45, 2.75) is 13.0 Å². The lowest BCUT2D eigenvalue weighted by molar-refractivity contribution is 0.0734. The zero-order chi connectivity index (χ0) is 19.3. The number of hydrogen-bond acceptors (Lipinski definition) is 5. The standard InChI is InChI=1S/C19H15ClN4O4/c20-13-5-11(7-21-18(13)25)19(26)24-4-3-14-12(8-24)17(23-22-14)10-1-2-15-16(6-10)28-9-27-15/h1-2,5-7H,3-4,8-9H2,(H,21,25)(H,22,23). The van der Waals surface area contributed by atoms with E-state index in [-0.39, 0.29) is 17.7 Å². The Morgan fingerprint density at radius 3 is 2.93 bits per heavy atom. The van der Waals surface area contributed by atoms with Gasteiger partial charge < -0.3 is 19.4 Å². The van der Waals surface area contributed by atoms with Crippen molar-refractivity contribution in [3.63, 3.8) is 0 Å². The Labute approximate surface area is 164 Å². The van der Waals surface area contributed by atoms with Crippen LogP contribution in [0.1, 0.15) is 21.6 Å². The van der Waals surface area contributed by atoms with Crippen LogP contribution in [-0.4, -0.2) is 39.3 Å². The summed E-state index contributed by atoms with van der Waals surface area (Å²) < 4.78 is 10.8. The predicted octanol–water partition coefficient (Wildman–Crippen LogP) is 2.35. The quantitative estimate of drug-likeness (QED) is 0.690. The van der Waals surface area contributed by atoms with E-state index in [2.05, 4.69) is 15.2 Å². The predicted molar refractivity (Wildman–Crippen MR) is 101 cm³/mol. The maximum Gasteiger partial charge on any atom is 0.266 e. The van der Waals surface area contributed by atoms with Gasteiger partial charge in [-0.3, -0.25) is 14.7 Å². The topological polar surface area (TPSA) is 100 Å². The van der Waals surface area contributed by atoms with Crippen LogP contribution >= 0.6 is 11.6 Å². The van der Waals surface area contributed by atoms with Crippen LogP contribution in [0.2, 0.25) is 5.02 Å². The average molecular weight is 399 g/mol. The van der Waals surface area contributed by atoms with Crippen LogP contribution in [0.15, 0.2) is 35.3 Å². The number of nitrogens with one attached hydrogen (secondary N) is 2. The van der Waals surface area contributed by atoms with Crippen molar-refractivity contribution in [1.82, 2.24) is 20.1 Å². The van der Waals surface area contributed by atoms with E-state index in [0.29, 0.717) is 36.6 Å². The highest BCUT2D eigenvalue weighted by atomic mass is 35.5. The molecule has 3 aromatic rings. The lowest BCUT2D eigenvalue weighted by Gasteiger charge is -2.27. The molecule has 2 aromatic heterocycles. The van der Waals surface area contributed by atoms with Crippen molar-refractivity contribution in [2.75, 3.05) is 13.3 Å². The van der Waals surface area contributed by atoms with E-state index in [0.717, 1.165) is 22.5 Å². The van der Waals surface area contributed by atoms with Gasteiger partial charge in [0.2, 0.25) is 6.79 Å². The van der Waals surface area contributed by atoms with Gasteiger partial charge in [0.1, 0.15) is 5.02 Å². The third kappa shape index (κ3) is 2.73. The fourth-order valence-corrected chi connectivity index (χ4v) is 3.69. The van der Waals surface area contributed by atoms with Gasteiger partial charge in [-0.05, 0) is 24.3 Å². The first-order chi connectivity index (χ1) is 13.6. The molecule has 0 atom stereocenters. The van der Waals surface area contributed by atoms with E-state index in [1.165, 1.54) is 12.3 Å². The third-order valence-electron chi connectivity index (χ3n) is 4.97. The summed E-state index contributed by atoms with van der Waals surface area (Å²) in [5.41, 5.74) is 3.58. The number of rotatable bonds is 2. The number of aromatic amines is 2. The number of carbonyl (C=O) groups is 1. The molecule has 9 heteroatoms. The van der Waals surface area contributed by atoms with Gasteiger partial charge in [0.25, 0.3) is 11.5 Å². The van der Waals surface area contributed by atoms with Crippen molar-refractivity contribution in [1.29, 1.82) is 0 Å². The molecule has 0 saturated carbocycles. The smallest absolute Gasteiger partial charge is 0.266 e. The van der Waals surface area contributed by atoms with Crippen LogP contribution in [0.4, 0.5) is 0 Å². The minimum Gasteiger partial charge on any atom is -0.454 e. The first-order valence-electron chi connectivity index (χ1n) is 8.74. The van der Waals surface area contributed by atoms with E-state index in [1.54, 1.807) is 4.90 Å². The summed E-state index contributed by atoms with van der Waals surface area (Å²) in [7, 11) is 0. The maximum atomic E-state index is 12.9. The molecule has 4 heterocycles. The van der Waals surface area contributed by atoms with Crippen molar-refractivity contribution in [3.05, 3.63) is 62.7 Å². The van der Waals surface area contributed by atoms with Gasteiger partial charge >= 0.3 is 0 Å². The second kappa shape index (κ2) is 6.42. The molecular formula is C19H15ClN4O4. The van der Waals surface area contributed by atoms with Crippen LogP contribution in [0.5, 0.6) is 11.5 Å². The molecular weight excluding hydrogens is 384 g/mol. The molecule has 0 fully saturated rings. The number of fused-ring (bicyclic) bond motifs is 2. The summed E-state index contributed by atoms with van der Waals surface area (Å²) in [6, 6.07) is 7.06. The van der Waals surface area contributed by atoms with Crippen molar-refractivity contribution in [2.24, 2.45) is 0 Å². The summed E-state index contributed by atoms with van der Waals surface area (Å²) in [6.07, 6.45) is 2.05. The number of aromatic nitrogens is 3. The summed E-state index contributed by atoms with van der Waals surface area (Å²) in [5, 5.41) is 7.53. The van der Waals surface area contributed by atoms with Crippen molar-refractivity contribution in [3.8, 4) is 22.8 Å². The Hall–Kier alpha value is -3.26. The third-order valence-corrected chi connectivity index (χ3v) is 5.25. The maximum absolute atomic E-state index is 12.9.